The third-order valence-corrected chi connectivity index (χ3v) is 4.84. The molecule has 0 aliphatic carbocycles. The Labute approximate surface area is 172 Å². The first-order valence-electron chi connectivity index (χ1n) is 8.93. The van der Waals surface area contributed by atoms with Crippen molar-refractivity contribution in [2.75, 3.05) is 18.9 Å². The molecule has 0 atom stereocenters. The Morgan fingerprint density at radius 2 is 1.79 bits per heavy atom. The molecule has 3 rings (SSSR count). The molecule has 2 heterocycles. The number of carbonyl (C=O) groups is 1. The lowest BCUT2D eigenvalue weighted by Crippen LogP contribution is -2.30. The summed E-state index contributed by atoms with van der Waals surface area (Å²) in [5.41, 5.74) is 3.60. The first-order valence-corrected chi connectivity index (χ1v) is 9.72. The third-order valence-electron chi connectivity index (χ3n) is 4.07. The summed E-state index contributed by atoms with van der Waals surface area (Å²) >= 11 is 3.54. The summed E-state index contributed by atoms with van der Waals surface area (Å²) in [5, 5.41) is 7.36. The number of likely N-dealkylation sites (N-methyl/N-ethyl adjacent to an activating group) is 1. The summed E-state index contributed by atoms with van der Waals surface area (Å²) in [6.45, 7) is 6.59. The topological polar surface area (TPSA) is 75.9 Å². The second-order valence-corrected chi connectivity index (χ2v) is 7.70. The number of aryl methyl sites for hydroxylation is 3. The summed E-state index contributed by atoms with van der Waals surface area (Å²) in [6.07, 6.45) is 0. The largest absolute Gasteiger partial charge is 0.309 e. The number of nitrogens with zero attached hydrogens (tertiary/aromatic N) is 5. The van der Waals surface area contributed by atoms with Crippen LogP contribution in [0.25, 0.3) is 5.95 Å². The van der Waals surface area contributed by atoms with E-state index in [0.29, 0.717) is 18.3 Å². The van der Waals surface area contributed by atoms with Crippen LogP contribution in [0.1, 0.15) is 22.6 Å². The second kappa shape index (κ2) is 8.62. The number of aromatic nitrogens is 4. The van der Waals surface area contributed by atoms with Crippen LogP contribution in [-0.2, 0) is 11.3 Å². The van der Waals surface area contributed by atoms with E-state index in [9.17, 15) is 4.79 Å². The highest BCUT2D eigenvalue weighted by Gasteiger charge is 2.15. The molecule has 8 heteroatoms. The Hall–Kier alpha value is -2.58. The molecule has 0 unspecified atom stereocenters. The first kappa shape index (κ1) is 20.2. The molecule has 1 amide bonds. The zero-order valence-electron chi connectivity index (χ0n) is 16.4. The summed E-state index contributed by atoms with van der Waals surface area (Å²) in [7, 11) is 1.91. The maximum absolute atomic E-state index is 12.6. The van der Waals surface area contributed by atoms with E-state index in [2.05, 4.69) is 36.3 Å². The van der Waals surface area contributed by atoms with Crippen LogP contribution >= 0.6 is 15.9 Å². The molecule has 7 nitrogen and oxygen atoms in total. The summed E-state index contributed by atoms with van der Waals surface area (Å²) in [5.74, 6) is 0.879. The highest BCUT2D eigenvalue weighted by Crippen LogP contribution is 2.18. The van der Waals surface area contributed by atoms with Crippen molar-refractivity contribution in [2.24, 2.45) is 0 Å². The number of anilines is 1. The van der Waals surface area contributed by atoms with E-state index >= 15 is 0 Å². The van der Waals surface area contributed by atoms with Crippen LogP contribution < -0.4 is 5.32 Å². The molecule has 0 fully saturated rings. The number of nitrogens with one attached hydrogen (secondary N) is 1. The van der Waals surface area contributed by atoms with Gasteiger partial charge in [-0.15, -0.1) is 0 Å². The van der Waals surface area contributed by atoms with E-state index in [-0.39, 0.29) is 12.5 Å². The van der Waals surface area contributed by atoms with Gasteiger partial charge >= 0.3 is 0 Å². The average molecular weight is 443 g/mol. The molecule has 0 radical (unpaired) electrons. The van der Waals surface area contributed by atoms with Gasteiger partial charge in [0.15, 0.2) is 0 Å². The Balaban J connectivity index is 1.71. The minimum absolute atomic E-state index is 0.125. The van der Waals surface area contributed by atoms with E-state index in [1.54, 1.807) is 4.68 Å². The number of hydrogen-bond acceptors (Lipinski definition) is 5. The van der Waals surface area contributed by atoms with Crippen LogP contribution in [-0.4, -0.2) is 44.1 Å². The molecule has 1 aromatic carbocycles. The molecule has 0 saturated carbocycles. The fourth-order valence-corrected chi connectivity index (χ4v) is 3.35. The molecular formula is C20H23BrN6O. The van der Waals surface area contributed by atoms with Crippen molar-refractivity contribution < 1.29 is 4.79 Å². The zero-order valence-corrected chi connectivity index (χ0v) is 18.0. The molecule has 0 saturated heterocycles. The van der Waals surface area contributed by atoms with E-state index in [0.717, 1.165) is 27.1 Å². The molecule has 28 heavy (non-hydrogen) atoms. The Morgan fingerprint density at radius 3 is 2.46 bits per heavy atom. The smallest absolute Gasteiger partial charge is 0.252 e. The van der Waals surface area contributed by atoms with Gasteiger partial charge in [-0.05, 0) is 45.5 Å². The quantitative estimate of drug-likeness (QED) is 0.632. The standard InChI is InChI=1S/C20H23BrN6O/c1-13-9-14(2)23-20(22-13)27-18(10-15(3)25-27)24-19(28)12-26(4)11-16-7-5-6-8-17(16)21/h5-10H,11-12H2,1-4H3,(H,24,28). The summed E-state index contributed by atoms with van der Waals surface area (Å²) in [6, 6.07) is 11.7. The Morgan fingerprint density at radius 1 is 1.11 bits per heavy atom. The van der Waals surface area contributed by atoms with E-state index < -0.39 is 0 Å². The van der Waals surface area contributed by atoms with Crippen LogP contribution in [0.5, 0.6) is 0 Å². The lowest BCUT2D eigenvalue weighted by atomic mass is 10.2. The van der Waals surface area contributed by atoms with Gasteiger partial charge in [-0.25, -0.2) is 9.97 Å². The average Bonchev–Trinajstić information content (AvgIpc) is 2.96. The Bertz CT molecular complexity index is 980. The SMILES string of the molecule is Cc1cc(C)nc(-n2nc(C)cc2NC(=O)CN(C)Cc2ccccc2Br)n1. The maximum atomic E-state index is 12.6. The van der Waals surface area contributed by atoms with Crippen molar-refractivity contribution in [3.05, 3.63) is 63.5 Å². The fraction of sp³-hybridized carbons (Fsp3) is 0.300. The van der Waals surface area contributed by atoms with E-state index in [1.807, 2.05) is 69.1 Å². The fourth-order valence-electron chi connectivity index (χ4n) is 2.94. The molecule has 0 bridgehead atoms. The number of rotatable bonds is 6. The summed E-state index contributed by atoms with van der Waals surface area (Å²) < 4.78 is 2.60. The number of halogens is 1. The van der Waals surface area contributed by atoms with E-state index in [4.69, 9.17) is 0 Å². The lowest BCUT2D eigenvalue weighted by molar-refractivity contribution is -0.117. The van der Waals surface area contributed by atoms with Crippen LogP contribution in [0.4, 0.5) is 5.82 Å². The van der Waals surface area contributed by atoms with Gasteiger partial charge in [0, 0.05) is 28.5 Å². The van der Waals surface area contributed by atoms with Gasteiger partial charge in [0.1, 0.15) is 5.82 Å². The minimum atomic E-state index is -0.125. The third kappa shape index (κ3) is 5.02. The number of hydrogen-bond donors (Lipinski definition) is 1. The van der Waals surface area contributed by atoms with Gasteiger partial charge in [0.2, 0.25) is 5.91 Å². The number of amides is 1. The van der Waals surface area contributed by atoms with Crippen molar-refractivity contribution in [3.8, 4) is 5.95 Å². The number of carbonyl (C=O) groups excluding carboxylic acids is 1. The van der Waals surface area contributed by atoms with Gasteiger partial charge in [0.05, 0.1) is 12.2 Å². The lowest BCUT2D eigenvalue weighted by Gasteiger charge is -2.17. The van der Waals surface area contributed by atoms with Gasteiger partial charge in [-0.1, -0.05) is 34.1 Å². The van der Waals surface area contributed by atoms with Crippen LogP contribution in [0, 0.1) is 20.8 Å². The van der Waals surface area contributed by atoms with Crippen LogP contribution in [0.15, 0.2) is 40.9 Å². The van der Waals surface area contributed by atoms with Gasteiger partial charge < -0.3 is 5.32 Å². The highest BCUT2D eigenvalue weighted by atomic mass is 79.9. The van der Waals surface area contributed by atoms with Gasteiger partial charge in [-0.3, -0.25) is 9.69 Å². The van der Waals surface area contributed by atoms with Crippen molar-refractivity contribution in [1.82, 2.24) is 24.6 Å². The zero-order chi connectivity index (χ0) is 20.3. The first-order chi connectivity index (χ1) is 13.3. The maximum Gasteiger partial charge on any atom is 0.252 e. The van der Waals surface area contributed by atoms with Crippen molar-refractivity contribution in [1.29, 1.82) is 0 Å². The molecule has 1 N–H and O–H groups in total. The predicted molar refractivity (Wildman–Crippen MR) is 112 cm³/mol. The molecule has 146 valence electrons. The number of benzene rings is 1. The van der Waals surface area contributed by atoms with Gasteiger partial charge in [-0.2, -0.15) is 9.78 Å². The van der Waals surface area contributed by atoms with Gasteiger partial charge in [0.25, 0.3) is 5.95 Å². The predicted octanol–water partition coefficient (Wildman–Crippen LogP) is 3.42. The minimum Gasteiger partial charge on any atom is -0.309 e. The molecule has 0 aliphatic rings. The van der Waals surface area contributed by atoms with Crippen molar-refractivity contribution in [3.63, 3.8) is 0 Å². The normalized spacial score (nSPS) is 11.1. The van der Waals surface area contributed by atoms with Crippen LogP contribution in [0.2, 0.25) is 0 Å². The molecule has 0 aliphatic heterocycles. The van der Waals surface area contributed by atoms with Crippen molar-refractivity contribution >= 4 is 27.7 Å². The monoisotopic (exact) mass is 442 g/mol. The second-order valence-electron chi connectivity index (χ2n) is 6.85. The van der Waals surface area contributed by atoms with Crippen molar-refractivity contribution in [2.45, 2.75) is 27.3 Å². The highest BCUT2D eigenvalue weighted by molar-refractivity contribution is 9.10. The van der Waals surface area contributed by atoms with E-state index in [1.165, 1.54) is 0 Å². The molecular weight excluding hydrogens is 420 g/mol. The summed E-state index contributed by atoms with van der Waals surface area (Å²) in [4.78, 5) is 23.4. The van der Waals surface area contributed by atoms with Crippen LogP contribution in [0.3, 0.4) is 0 Å². The molecule has 2 aromatic heterocycles. The molecule has 0 spiro atoms. The Kier molecular flexibility index (Phi) is 6.21. The molecule has 3 aromatic rings.